The van der Waals surface area contributed by atoms with E-state index in [1.165, 1.54) is 16.3 Å². The van der Waals surface area contributed by atoms with Gasteiger partial charge in [0.25, 0.3) is 0 Å². The fourth-order valence-corrected chi connectivity index (χ4v) is 3.60. The molecule has 3 rings (SSSR count). The first-order chi connectivity index (χ1) is 10.2. The average Bonchev–Trinajstić information content (AvgIpc) is 2.55. The maximum atomic E-state index is 12.4. The van der Waals surface area contributed by atoms with E-state index in [9.17, 15) is 4.79 Å². The number of nitrogens with zero attached hydrogens (tertiary/aromatic N) is 1. The lowest BCUT2D eigenvalue weighted by molar-refractivity contribution is -0.132. The Morgan fingerprint density at radius 2 is 2.10 bits per heavy atom. The van der Waals surface area contributed by atoms with Crippen LogP contribution in [0.25, 0.3) is 10.8 Å². The molecule has 1 unspecified atom stereocenters. The van der Waals surface area contributed by atoms with Gasteiger partial charge in [0.15, 0.2) is 0 Å². The molecular formula is C17H20N2OS. The van der Waals surface area contributed by atoms with Gasteiger partial charge in [-0.3, -0.25) is 4.79 Å². The van der Waals surface area contributed by atoms with E-state index < -0.39 is 0 Å². The fourth-order valence-electron chi connectivity index (χ4n) is 2.68. The van der Waals surface area contributed by atoms with Crippen LogP contribution in [0.1, 0.15) is 5.56 Å². The molecule has 0 saturated carbocycles. The minimum absolute atomic E-state index is 0.0331. The van der Waals surface area contributed by atoms with E-state index in [2.05, 4.69) is 35.6 Å². The fraction of sp³-hybridized carbons (Fsp3) is 0.353. The number of nitrogens with one attached hydrogen (secondary N) is 1. The summed E-state index contributed by atoms with van der Waals surface area (Å²) in [7, 11) is 1.89. The highest BCUT2D eigenvalue weighted by molar-refractivity contribution is 7.99. The Morgan fingerprint density at radius 3 is 2.86 bits per heavy atom. The smallest absolute Gasteiger partial charge is 0.240 e. The number of thioether (sulfide) groups is 1. The van der Waals surface area contributed by atoms with E-state index in [1.54, 1.807) is 0 Å². The Bertz CT molecular complexity index is 637. The minimum Gasteiger partial charge on any atom is -0.340 e. The SMILES string of the molecule is CN(Cc1ccc2ccccc2c1)C(=O)C1CSCCN1. The Morgan fingerprint density at radius 1 is 1.29 bits per heavy atom. The maximum Gasteiger partial charge on any atom is 0.240 e. The lowest BCUT2D eigenvalue weighted by Crippen LogP contribution is -2.49. The molecule has 1 aliphatic rings. The van der Waals surface area contributed by atoms with Crippen molar-refractivity contribution in [2.45, 2.75) is 12.6 Å². The summed E-state index contributed by atoms with van der Waals surface area (Å²) in [5.41, 5.74) is 1.17. The van der Waals surface area contributed by atoms with Crippen LogP contribution < -0.4 is 5.32 Å². The number of fused-ring (bicyclic) bond motifs is 1. The molecule has 0 spiro atoms. The van der Waals surface area contributed by atoms with Gasteiger partial charge in [-0.2, -0.15) is 11.8 Å². The van der Waals surface area contributed by atoms with E-state index in [0.29, 0.717) is 6.54 Å². The highest BCUT2D eigenvalue weighted by Crippen LogP contribution is 2.17. The van der Waals surface area contributed by atoms with Crippen LogP contribution in [0.2, 0.25) is 0 Å². The summed E-state index contributed by atoms with van der Waals surface area (Å²) >= 11 is 1.85. The summed E-state index contributed by atoms with van der Waals surface area (Å²) in [6.45, 7) is 1.58. The molecule has 0 radical (unpaired) electrons. The molecular weight excluding hydrogens is 280 g/mol. The number of carbonyl (C=O) groups excluding carboxylic acids is 1. The van der Waals surface area contributed by atoms with Crippen LogP contribution in [-0.2, 0) is 11.3 Å². The zero-order valence-corrected chi connectivity index (χ0v) is 13.0. The van der Waals surface area contributed by atoms with E-state index in [-0.39, 0.29) is 11.9 Å². The number of carbonyl (C=O) groups is 1. The van der Waals surface area contributed by atoms with Gasteiger partial charge >= 0.3 is 0 Å². The highest BCUT2D eigenvalue weighted by Gasteiger charge is 2.23. The van der Waals surface area contributed by atoms with Crippen molar-refractivity contribution >= 4 is 28.4 Å². The molecule has 0 aliphatic carbocycles. The van der Waals surface area contributed by atoms with Crippen molar-refractivity contribution in [3.63, 3.8) is 0 Å². The second kappa shape index (κ2) is 6.50. The van der Waals surface area contributed by atoms with Gasteiger partial charge in [0.05, 0.1) is 6.04 Å². The van der Waals surface area contributed by atoms with Crippen LogP contribution in [0.4, 0.5) is 0 Å². The summed E-state index contributed by atoms with van der Waals surface area (Å²) in [5, 5.41) is 5.76. The predicted octanol–water partition coefficient (Wildman–Crippen LogP) is 2.50. The lowest BCUT2D eigenvalue weighted by Gasteiger charge is -2.27. The molecule has 1 saturated heterocycles. The van der Waals surface area contributed by atoms with Gasteiger partial charge in [0.1, 0.15) is 0 Å². The zero-order chi connectivity index (χ0) is 14.7. The van der Waals surface area contributed by atoms with Crippen molar-refractivity contribution in [1.82, 2.24) is 10.2 Å². The van der Waals surface area contributed by atoms with Gasteiger partial charge in [0, 0.05) is 31.6 Å². The van der Waals surface area contributed by atoms with Crippen molar-refractivity contribution in [2.75, 3.05) is 25.1 Å². The molecule has 1 aliphatic heterocycles. The van der Waals surface area contributed by atoms with Crippen LogP contribution >= 0.6 is 11.8 Å². The van der Waals surface area contributed by atoms with Crippen LogP contribution in [0.3, 0.4) is 0 Å². The number of likely N-dealkylation sites (N-methyl/N-ethyl adjacent to an activating group) is 1. The molecule has 2 aromatic carbocycles. The Kier molecular flexibility index (Phi) is 4.46. The summed E-state index contributed by atoms with van der Waals surface area (Å²) in [6, 6.07) is 14.7. The molecule has 3 nitrogen and oxygen atoms in total. The number of benzene rings is 2. The van der Waals surface area contributed by atoms with Crippen molar-refractivity contribution in [1.29, 1.82) is 0 Å². The van der Waals surface area contributed by atoms with Gasteiger partial charge in [-0.1, -0.05) is 36.4 Å². The Hall–Kier alpha value is -1.52. The summed E-state index contributed by atoms with van der Waals surface area (Å²) in [4.78, 5) is 14.2. The second-order valence-electron chi connectivity index (χ2n) is 5.46. The highest BCUT2D eigenvalue weighted by atomic mass is 32.2. The number of hydrogen-bond acceptors (Lipinski definition) is 3. The number of amides is 1. The normalized spacial score (nSPS) is 18.6. The monoisotopic (exact) mass is 300 g/mol. The maximum absolute atomic E-state index is 12.4. The molecule has 2 aromatic rings. The Labute approximate surface area is 129 Å². The first-order valence-corrected chi connectivity index (χ1v) is 8.43. The molecule has 21 heavy (non-hydrogen) atoms. The third kappa shape index (κ3) is 3.39. The van der Waals surface area contributed by atoms with Crippen LogP contribution in [0, 0.1) is 0 Å². The topological polar surface area (TPSA) is 32.3 Å². The Balaban J connectivity index is 1.70. The van der Waals surface area contributed by atoms with Gasteiger partial charge < -0.3 is 10.2 Å². The molecule has 1 atom stereocenters. The third-order valence-electron chi connectivity index (χ3n) is 3.83. The molecule has 4 heteroatoms. The lowest BCUT2D eigenvalue weighted by atomic mass is 10.1. The third-order valence-corrected chi connectivity index (χ3v) is 4.89. The molecule has 110 valence electrons. The van der Waals surface area contributed by atoms with Crippen molar-refractivity contribution in [2.24, 2.45) is 0 Å². The molecule has 0 bridgehead atoms. The number of rotatable bonds is 3. The molecule has 1 heterocycles. The summed E-state index contributed by atoms with van der Waals surface area (Å²) in [6.07, 6.45) is 0. The van der Waals surface area contributed by atoms with E-state index in [1.807, 2.05) is 35.8 Å². The number of hydrogen-bond donors (Lipinski definition) is 1. The van der Waals surface area contributed by atoms with Gasteiger partial charge in [-0.05, 0) is 22.4 Å². The van der Waals surface area contributed by atoms with Crippen LogP contribution in [0.5, 0.6) is 0 Å². The molecule has 0 aromatic heterocycles. The van der Waals surface area contributed by atoms with Crippen LogP contribution in [-0.4, -0.2) is 41.9 Å². The van der Waals surface area contributed by atoms with Crippen molar-refractivity contribution < 1.29 is 4.79 Å². The van der Waals surface area contributed by atoms with Gasteiger partial charge in [0.2, 0.25) is 5.91 Å². The predicted molar refractivity (Wildman–Crippen MR) is 89.5 cm³/mol. The van der Waals surface area contributed by atoms with Gasteiger partial charge in [-0.15, -0.1) is 0 Å². The first kappa shape index (κ1) is 14.4. The van der Waals surface area contributed by atoms with E-state index in [0.717, 1.165) is 18.1 Å². The summed E-state index contributed by atoms with van der Waals surface area (Å²) < 4.78 is 0. The quantitative estimate of drug-likeness (QED) is 0.945. The minimum atomic E-state index is -0.0331. The molecule has 1 fully saturated rings. The second-order valence-corrected chi connectivity index (χ2v) is 6.61. The first-order valence-electron chi connectivity index (χ1n) is 7.28. The van der Waals surface area contributed by atoms with Gasteiger partial charge in [-0.25, -0.2) is 0 Å². The summed E-state index contributed by atoms with van der Waals surface area (Å²) in [5.74, 6) is 2.16. The van der Waals surface area contributed by atoms with E-state index in [4.69, 9.17) is 0 Å². The van der Waals surface area contributed by atoms with Crippen molar-refractivity contribution in [3.8, 4) is 0 Å². The van der Waals surface area contributed by atoms with Crippen LogP contribution in [0.15, 0.2) is 42.5 Å². The average molecular weight is 300 g/mol. The van der Waals surface area contributed by atoms with E-state index >= 15 is 0 Å². The zero-order valence-electron chi connectivity index (χ0n) is 12.2. The molecule has 1 N–H and O–H groups in total. The van der Waals surface area contributed by atoms with Crippen molar-refractivity contribution in [3.05, 3.63) is 48.0 Å². The largest absolute Gasteiger partial charge is 0.340 e. The molecule has 1 amide bonds. The standard InChI is InChI=1S/C17H20N2OS/c1-19(17(20)16-12-21-9-8-18-16)11-13-6-7-14-4-2-3-5-15(14)10-13/h2-7,10,16,18H,8-9,11-12H2,1H3.